The molecular weight excluding hydrogens is 258 g/mol. The molecule has 0 radical (unpaired) electrons. The van der Waals surface area contributed by atoms with E-state index >= 15 is 0 Å². The van der Waals surface area contributed by atoms with Gasteiger partial charge in [0.15, 0.2) is 0 Å². The lowest BCUT2D eigenvalue weighted by Gasteiger charge is -2.16. The van der Waals surface area contributed by atoms with Crippen molar-refractivity contribution in [3.8, 4) is 5.75 Å². The molecule has 0 saturated carbocycles. The van der Waals surface area contributed by atoms with Crippen molar-refractivity contribution in [3.63, 3.8) is 0 Å². The SMILES string of the molecule is COCCc1ccc(OCC(O)CNC(C)OC)cc1. The Labute approximate surface area is 120 Å². The van der Waals surface area contributed by atoms with E-state index in [1.807, 2.05) is 31.2 Å². The van der Waals surface area contributed by atoms with E-state index in [1.165, 1.54) is 5.56 Å². The highest BCUT2D eigenvalue weighted by Gasteiger charge is 2.07. The summed E-state index contributed by atoms with van der Waals surface area (Å²) < 4.78 is 15.6. The van der Waals surface area contributed by atoms with E-state index in [4.69, 9.17) is 14.2 Å². The molecule has 0 aliphatic heterocycles. The van der Waals surface area contributed by atoms with Crippen LogP contribution >= 0.6 is 0 Å². The normalized spacial score (nSPS) is 14.0. The zero-order chi connectivity index (χ0) is 14.8. The zero-order valence-electron chi connectivity index (χ0n) is 12.5. The molecular formula is C15H25NO4. The highest BCUT2D eigenvalue weighted by molar-refractivity contribution is 5.27. The fraction of sp³-hybridized carbons (Fsp3) is 0.600. The predicted octanol–water partition coefficient (Wildman–Crippen LogP) is 1.20. The van der Waals surface area contributed by atoms with E-state index in [-0.39, 0.29) is 12.8 Å². The van der Waals surface area contributed by atoms with Gasteiger partial charge in [-0.05, 0) is 31.0 Å². The highest BCUT2D eigenvalue weighted by atomic mass is 16.5. The first-order valence-electron chi connectivity index (χ1n) is 6.80. The van der Waals surface area contributed by atoms with Crippen LogP contribution in [0.25, 0.3) is 0 Å². The second-order valence-corrected chi connectivity index (χ2v) is 4.64. The maximum Gasteiger partial charge on any atom is 0.119 e. The summed E-state index contributed by atoms with van der Waals surface area (Å²) in [5.74, 6) is 0.755. The highest BCUT2D eigenvalue weighted by Crippen LogP contribution is 2.12. The minimum absolute atomic E-state index is 0.0790. The minimum Gasteiger partial charge on any atom is -0.491 e. The third-order valence-electron chi connectivity index (χ3n) is 2.96. The summed E-state index contributed by atoms with van der Waals surface area (Å²) >= 11 is 0. The number of aliphatic hydroxyl groups excluding tert-OH is 1. The zero-order valence-corrected chi connectivity index (χ0v) is 12.5. The van der Waals surface area contributed by atoms with E-state index in [9.17, 15) is 5.11 Å². The van der Waals surface area contributed by atoms with Gasteiger partial charge in [0.1, 0.15) is 24.7 Å². The Hall–Kier alpha value is -1.14. The van der Waals surface area contributed by atoms with Crippen molar-refractivity contribution in [2.24, 2.45) is 0 Å². The Morgan fingerprint density at radius 1 is 1.20 bits per heavy atom. The van der Waals surface area contributed by atoms with Crippen molar-refractivity contribution in [3.05, 3.63) is 29.8 Å². The number of rotatable bonds is 10. The number of benzene rings is 1. The number of hydrogen-bond donors (Lipinski definition) is 2. The third-order valence-corrected chi connectivity index (χ3v) is 2.96. The Morgan fingerprint density at radius 3 is 2.50 bits per heavy atom. The molecule has 0 fully saturated rings. The van der Waals surface area contributed by atoms with Crippen LogP contribution < -0.4 is 10.1 Å². The van der Waals surface area contributed by atoms with E-state index in [1.54, 1.807) is 14.2 Å². The van der Waals surface area contributed by atoms with Crippen molar-refractivity contribution in [2.75, 3.05) is 34.0 Å². The molecule has 0 aliphatic rings. The Balaban J connectivity index is 2.27. The lowest BCUT2D eigenvalue weighted by Crippen LogP contribution is -2.37. The molecule has 5 heteroatoms. The molecule has 1 rings (SSSR count). The molecule has 2 unspecified atom stereocenters. The van der Waals surface area contributed by atoms with Crippen molar-refractivity contribution < 1.29 is 19.3 Å². The standard InChI is InChI=1S/C15H25NO4/c1-12(19-3)16-10-14(17)11-20-15-6-4-13(5-7-15)8-9-18-2/h4-7,12,14,16-17H,8-11H2,1-3H3. The van der Waals surface area contributed by atoms with Gasteiger partial charge in [-0.25, -0.2) is 0 Å². The second kappa shape index (κ2) is 9.72. The number of methoxy groups -OCH3 is 2. The van der Waals surface area contributed by atoms with E-state index in [0.29, 0.717) is 13.2 Å². The fourth-order valence-corrected chi connectivity index (χ4v) is 1.61. The van der Waals surface area contributed by atoms with Crippen LogP contribution in [0.1, 0.15) is 12.5 Å². The molecule has 0 bridgehead atoms. The van der Waals surface area contributed by atoms with Crippen LogP contribution in [0.2, 0.25) is 0 Å². The van der Waals surface area contributed by atoms with Gasteiger partial charge in [-0.15, -0.1) is 0 Å². The maximum absolute atomic E-state index is 9.77. The Kier molecular flexibility index (Phi) is 8.22. The fourth-order valence-electron chi connectivity index (χ4n) is 1.61. The van der Waals surface area contributed by atoms with Crippen molar-refractivity contribution in [1.29, 1.82) is 0 Å². The van der Waals surface area contributed by atoms with Crippen LogP contribution in [0.5, 0.6) is 5.75 Å². The average molecular weight is 283 g/mol. The van der Waals surface area contributed by atoms with Crippen molar-refractivity contribution >= 4 is 0 Å². The number of hydrogen-bond acceptors (Lipinski definition) is 5. The molecule has 0 aromatic heterocycles. The first kappa shape index (κ1) is 16.9. The Bertz CT molecular complexity index is 355. The molecule has 2 atom stereocenters. The lowest BCUT2D eigenvalue weighted by atomic mass is 10.1. The first-order chi connectivity index (χ1) is 9.65. The molecule has 1 aromatic rings. The quantitative estimate of drug-likeness (QED) is 0.632. The van der Waals surface area contributed by atoms with Gasteiger partial charge in [-0.2, -0.15) is 0 Å². The van der Waals surface area contributed by atoms with Crippen molar-refractivity contribution in [1.82, 2.24) is 5.32 Å². The van der Waals surface area contributed by atoms with Gasteiger partial charge in [0.2, 0.25) is 0 Å². The molecule has 1 aromatic carbocycles. The summed E-state index contributed by atoms with van der Waals surface area (Å²) in [5, 5.41) is 12.8. The molecule has 5 nitrogen and oxygen atoms in total. The van der Waals surface area contributed by atoms with Crippen LogP contribution in [-0.2, 0) is 15.9 Å². The van der Waals surface area contributed by atoms with Gasteiger partial charge in [0, 0.05) is 20.8 Å². The minimum atomic E-state index is -0.569. The smallest absolute Gasteiger partial charge is 0.119 e. The summed E-state index contributed by atoms with van der Waals surface area (Å²) in [4.78, 5) is 0. The van der Waals surface area contributed by atoms with Crippen LogP contribution in [0.3, 0.4) is 0 Å². The Morgan fingerprint density at radius 2 is 1.90 bits per heavy atom. The molecule has 20 heavy (non-hydrogen) atoms. The van der Waals surface area contributed by atoms with Gasteiger partial charge < -0.3 is 19.3 Å². The average Bonchev–Trinajstić information content (AvgIpc) is 2.49. The van der Waals surface area contributed by atoms with Gasteiger partial charge in [0.05, 0.1) is 6.61 Å². The van der Waals surface area contributed by atoms with Gasteiger partial charge in [-0.3, -0.25) is 5.32 Å². The molecule has 0 amide bonds. The predicted molar refractivity (Wildman–Crippen MR) is 78.0 cm³/mol. The van der Waals surface area contributed by atoms with Crippen LogP contribution in [0, 0.1) is 0 Å². The summed E-state index contributed by atoms with van der Waals surface area (Å²) in [6.07, 6.45) is 0.239. The third kappa shape index (κ3) is 6.86. The number of ether oxygens (including phenoxy) is 3. The monoisotopic (exact) mass is 283 g/mol. The van der Waals surface area contributed by atoms with Gasteiger partial charge in [0.25, 0.3) is 0 Å². The summed E-state index contributed by atoms with van der Waals surface area (Å²) in [6.45, 7) is 3.27. The molecule has 0 heterocycles. The van der Waals surface area contributed by atoms with Gasteiger partial charge in [-0.1, -0.05) is 12.1 Å². The van der Waals surface area contributed by atoms with E-state index in [0.717, 1.165) is 12.2 Å². The molecule has 0 aliphatic carbocycles. The topological polar surface area (TPSA) is 60.0 Å². The summed E-state index contributed by atoms with van der Waals surface area (Å²) in [5.41, 5.74) is 1.20. The molecule has 0 saturated heterocycles. The van der Waals surface area contributed by atoms with Gasteiger partial charge >= 0.3 is 0 Å². The second-order valence-electron chi connectivity index (χ2n) is 4.64. The number of nitrogens with one attached hydrogen (secondary N) is 1. The first-order valence-corrected chi connectivity index (χ1v) is 6.80. The summed E-state index contributed by atoms with van der Waals surface area (Å²) in [6, 6.07) is 7.82. The van der Waals surface area contributed by atoms with E-state index in [2.05, 4.69) is 5.32 Å². The number of aliphatic hydroxyl groups is 1. The van der Waals surface area contributed by atoms with Crippen LogP contribution in [-0.4, -0.2) is 51.4 Å². The lowest BCUT2D eigenvalue weighted by molar-refractivity contribution is 0.0561. The summed E-state index contributed by atoms with van der Waals surface area (Å²) in [7, 11) is 3.31. The molecule has 114 valence electrons. The van der Waals surface area contributed by atoms with E-state index < -0.39 is 6.10 Å². The molecule has 0 spiro atoms. The van der Waals surface area contributed by atoms with Crippen LogP contribution in [0.4, 0.5) is 0 Å². The largest absolute Gasteiger partial charge is 0.491 e. The van der Waals surface area contributed by atoms with Crippen LogP contribution in [0.15, 0.2) is 24.3 Å². The van der Waals surface area contributed by atoms with Crippen molar-refractivity contribution in [2.45, 2.75) is 25.7 Å². The molecule has 2 N–H and O–H groups in total. The maximum atomic E-state index is 9.77.